The molecule has 0 unspecified atom stereocenters. The van der Waals surface area contributed by atoms with E-state index >= 15 is 0 Å². The Hall–Kier alpha value is -1.87. The van der Waals surface area contributed by atoms with E-state index in [1.807, 2.05) is 6.07 Å². The normalized spacial score (nSPS) is 10.4. The maximum absolute atomic E-state index is 12.1. The molecule has 0 aromatic carbocycles. The summed E-state index contributed by atoms with van der Waals surface area (Å²) in [5.74, 6) is 0.793. The Balaban J connectivity index is 2.57. The van der Waals surface area contributed by atoms with Crippen LogP contribution in [-0.4, -0.2) is 27.8 Å². The minimum absolute atomic E-state index is 0.169. The Bertz CT molecular complexity index is 574. The van der Waals surface area contributed by atoms with Gasteiger partial charge in [0.2, 0.25) is 0 Å². The lowest BCUT2D eigenvalue weighted by Gasteiger charge is -2.07. The summed E-state index contributed by atoms with van der Waals surface area (Å²) in [6, 6.07) is 3.68. The molecule has 0 saturated heterocycles. The third kappa shape index (κ3) is 2.15. The fraction of sp³-hybridized carbons (Fsp3) is 0.300. The highest BCUT2D eigenvalue weighted by atomic mass is 35.5. The Morgan fingerprint density at radius 2 is 2.41 bits per heavy atom. The summed E-state index contributed by atoms with van der Waals surface area (Å²) in [7, 11) is 0. The molecule has 2 aromatic rings. The zero-order chi connectivity index (χ0) is 12.3. The smallest absolute Gasteiger partial charge is 0.175 e. The Morgan fingerprint density at radius 1 is 1.59 bits per heavy atom. The van der Waals surface area contributed by atoms with E-state index in [4.69, 9.17) is 16.9 Å². The first-order chi connectivity index (χ1) is 8.30. The Morgan fingerprint density at radius 3 is 3.06 bits per heavy atom. The zero-order valence-corrected chi connectivity index (χ0v) is 9.58. The Labute approximate surface area is 102 Å². The van der Waals surface area contributed by atoms with Gasteiger partial charge in [-0.3, -0.25) is 0 Å². The Kier molecular flexibility index (Phi) is 3.40. The number of hydrogen-bond acceptors (Lipinski definition) is 4. The summed E-state index contributed by atoms with van der Waals surface area (Å²) in [5.41, 5.74) is 1.39. The van der Waals surface area contributed by atoms with E-state index in [0.29, 0.717) is 22.7 Å². The molecule has 88 valence electrons. The van der Waals surface area contributed by atoms with Crippen molar-refractivity contribution in [3.63, 3.8) is 0 Å². The molecular weight excluding hydrogens is 244 g/mol. The molecule has 0 aliphatic carbocycles. The molecule has 0 radical (unpaired) electrons. The molecule has 2 heterocycles. The van der Waals surface area contributed by atoms with Crippen LogP contribution in [0.3, 0.4) is 0 Å². The highest BCUT2D eigenvalue weighted by molar-refractivity contribution is 6.16. The number of anilines is 1. The molecule has 0 fully saturated rings. The molecule has 17 heavy (non-hydrogen) atoms. The number of nitrogens with one attached hydrogen (secondary N) is 1. The molecule has 5 nitrogen and oxygen atoms in total. The van der Waals surface area contributed by atoms with Crippen LogP contribution < -0.4 is 5.32 Å². The maximum Gasteiger partial charge on any atom is 0.175 e. The van der Waals surface area contributed by atoms with Crippen LogP contribution in [0.4, 0.5) is 10.2 Å². The molecule has 0 saturated carbocycles. The van der Waals surface area contributed by atoms with Crippen LogP contribution in [-0.2, 0) is 5.88 Å². The summed E-state index contributed by atoms with van der Waals surface area (Å²) in [6.45, 7) is -0.324. The average Bonchev–Trinajstić information content (AvgIpc) is 2.78. The molecule has 2 aromatic heterocycles. The summed E-state index contributed by atoms with van der Waals surface area (Å²) in [6.07, 6.45) is 1.42. The second kappa shape index (κ2) is 4.97. The van der Waals surface area contributed by atoms with Gasteiger partial charge >= 0.3 is 0 Å². The zero-order valence-electron chi connectivity index (χ0n) is 8.82. The van der Waals surface area contributed by atoms with E-state index in [0.717, 1.165) is 0 Å². The number of aromatic nitrogens is 3. The lowest BCUT2D eigenvalue weighted by molar-refractivity contribution is 0.512. The fourth-order valence-electron chi connectivity index (χ4n) is 1.46. The SMILES string of the molecule is N#Cc1cnn2c(NCC[18F])cc(CCl)nc12. The van der Waals surface area contributed by atoms with E-state index in [-0.39, 0.29) is 12.4 Å². The molecule has 0 spiro atoms. The number of alkyl halides is 2. The van der Waals surface area contributed by atoms with E-state index < -0.39 is 6.67 Å². The van der Waals surface area contributed by atoms with Crippen molar-refractivity contribution in [1.82, 2.24) is 14.6 Å². The first-order valence-electron chi connectivity index (χ1n) is 4.93. The van der Waals surface area contributed by atoms with Gasteiger partial charge in [0.25, 0.3) is 0 Å². The van der Waals surface area contributed by atoms with Crippen molar-refractivity contribution in [2.24, 2.45) is 0 Å². The minimum atomic E-state index is -0.494. The van der Waals surface area contributed by atoms with Gasteiger partial charge in [0, 0.05) is 12.6 Å². The summed E-state index contributed by atoms with van der Waals surface area (Å²) < 4.78 is 13.6. The first kappa shape index (κ1) is 11.6. The van der Waals surface area contributed by atoms with Gasteiger partial charge in [-0.15, -0.1) is 11.6 Å². The van der Waals surface area contributed by atoms with Crippen LogP contribution in [0.2, 0.25) is 0 Å². The predicted octanol–water partition coefficient (Wildman–Crippen LogP) is 1.72. The number of halogens is 2. The number of nitriles is 1. The number of nitrogens with zero attached hydrogens (tertiary/aromatic N) is 4. The highest BCUT2D eigenvalue weighted by Crippen LogP contribution is 2.16. The number of rotatable bonds is 4. The monoisotopic (exact) mass is 252 g/mol. The van der Waals surface area contributed by atoms with Crippen molar-refractivity contribution in [3.8, 4) is 6.07 Å². The molecular formula is C10H9ClFN5. The first-order valence-corrected chi connectivity index (χ1v) is 5.47. The topological polar surface area (TPSA) is 66.0 Å². The van der Waals surface area contributed by atoms with Gasteiger partial charge in [-0.05, 0) is 0 Å². The summed E-state index contributed by atoms with van der Waals surface area (Å²) >= 11 is 5.72. The van der Waals surface area contributed by atoms with Gasteiger partial charge in [-0.1, -0.05) is 0 Å². The lowest BCUT2D eigenvalue weighted by atomic mass is 10.3. The fourth-order valence-corrected chi connectivity index (χ4v) is 1.60. The van der Waals surface area contributed by atoms with Crippen molar-refractivity contribution in [2.45, 2.75) is 5.88 Å². The van der Waals surface area contributed by atoms with Gasteiger partial charge in [0.15, 0.2) is 5.65 Å². The average molecular weight is 253 g/mol. The highest BCUT2D eigenvalue weighted by Gasteiger charge is 2.10. The molecule has 2 rings (SSSR count). The van der Waals surface area contributed by atoms with E-state index in [1.54, 1.807) is 6.07 Å². The lowest BCUT2D eigenvalue weighted by Crippen LogP contribution is -2.09. The van der Waals surface area contributed by atoms with Crippen LogP contribution in [0.1, 0.15) is 11.3 Å². The standard InChI is InChI=1S/C10H9ClFN5/c11-4-8-3-9(14-2-1-12)17-10(16-8)7(5-13)6-15-17/h3,6,14H,1-2,4H2/i12-1. The molecule has 1 N–H and O–H groups in total. The van der Waals surface area contributed by atoms with Gasteiger partial charge in [0.1, 0.15) is 24.1 Å². The third-order valence-electron chi connectivity index (χ3n) is 2.18. The summed E-state index contributed by atoms with van der Waals surface area (Å²) in [4.78, 5) is 4.21. The van der Waals surface area contributed by atoms with Gasteiger partial charge in [0.05, 0.1) is 17.8 Å². The van der Waals surface area contributed by atoms with Crippen molar-refractivity contribution in [2.75, 3.05) is 18.5 Å². The van der Waals surface area contributed by atoms with Crippen LogP contribution in [0, 0.1) is 11.3 Å². The predicted molar refractivity (Wildman–Crippen MR) is 61.7 cm³/mol. The minimum Gasteiger partial charge on any atom is -0.367 e. The largest absolute Gasteiger partial charge is 0.367 e. The maximum atomic E-state index is 12.1. The van der Waals surface area contributed by atoms with E-state index in [2.05, 4.69) is 15.4 Å². The van der Waals surface area contributed by atoms with Gasteiger partial charge in [-0.2, -0.15) is 14.9 Å². The second-order valence-corrected chi connectivity index (χ2v) is 3.55. The number of hydrogen-bond donors (Lipinski definition) is 1. The molecule has 7 heteroatoms. The van der Waals surface area contributed by atoms with Crippen LogP contribution in [0.25, 0.3) is 5.65 Å². The van der Waals surface area contributed by atoms with Gasteiger partial charge in [-0.25, -0.2) is 9.37 Å². The van der Waals surface area contributed by atoms with Crippen molar-refractivity contribution >= 4 is 23.1 Å². The quantitative estimate of drug-likeness (QED) is 0.842. The molecule has 0 aliphatic heterocycles. The third-order valence-corrected chi connectivity index (χ3v) is 2.46. The van der Waals surface area contributed by atoms with Gasteiger partial charge < -0.3 is 5.32 Å². The molecule has 0 amide bonds. The van der Waals surface area contributed by atoms with Crippen LogP contribution >= 0.6 is 11.6 Å². The summed E-state index contributed by atoms with van der Waals surface area (Å²) in [5, 5.41) is 15.8. The van der Waals surface area contributed by atoms with Crippen molar-refractivity contribution in [1.29, 1.82) is 5.26 Å². The number of fused-ring (bicyclic) bond motifs is 1. The van der Waals surface area contributed by atoms with Crippen LogP contribution in [0.15, 0.2) is 12.3 Å². The van der Waals surface area contributed by atoms with E-state index in [1.165, 1.54) is 10.7 Å². The van der Waals surface area contributed by atoms with Crippen LogP contribution in [0.5, 0.6) is 0 Å². The van der Waals surface area contributed by atoms with Crippen molar-refractivity contribution < 1.29 is 4.39 Å². The molecule has 0 atom stereocenters. The van der Waals surface area contributed by atoms with Crippen molar-refractivity contribution in [3.05, 3.63) is 23.5 Å². The molecule has 0 bridgehead atoms. The second-order valence-electron chi connectivity index (χ2n) is 3.29. The van der Waals surface area contributed by atoms with E-state index in [9.17, 15) is 4.39 Å². The molecule has 0 aliphatic rings.